The molecule has 0 saturated carbocycles. The van der Waals surface area contributed by atoms with Gasteiger partial charge in [0.05, 0.1) is 4.90 Å². The van der Waals surface area contributed by atoms with Gasteiger partial charge >= 0.3 is 0 Å². The second-order valence-corrected chi connectivity index (χ2v) is 7.88. The number of hydrogen-bond donors (Lipinski definition) is 1. The van der Waals surface area contributed by atoms with Gasteiger partial charge in [-0.2, -0.15) is 0 Å². The maximum atomic E-state index is 12.1. The van der Waals surface area contributed by atoms with E-state index < -0.39 is 9.84 Å². The highest BCUT2D eigenvalue weighted by molar-refractivity contribution is 7.90. The zero-order valence-corrected chi connectivity index (χ0v) is 14.9. The molecule has 1 N–H and O–H groups in total. The predicted molar refractivity (Wildman–Crippen MR) is 96.4 cm³/mol. The number of hydrogen-bond acceptors (Lipinski definition) is 4. The molecule has 1 amide bonds. The number of amides is 1. The van der Waals surface area contributed by atoms with Gasteiger partial charge in [0.2, 0.25) is 0 Å². The number of nitrogens with one attached hydrogen (secondary N) is 1. The van der Waals surface area contributed by atoms with E-state index in [9.17, 15) is 13.2 Å². The van der Waals surface area contributed by atoms with E-state index in [1.807, 2.05) is 31.1 Å². The summed E-state index contributed by atoms with van der Waals surface area (Å²) < 4.78 is 22.8. The zero-order valence-electron chi connectivity index (χ0n) is 14.1. The van der Waals surface area contributed by atoms with Crippen LogP contribution in [-0.2, 0) is 16.3 Å². The third-order valence-electron chi connectivity index (χ3n) is 3.70. The summed E-state index contributed by atoms with van der Waals surface area (Å²) in [7, 11) is 0.725. The van der Waals surface area contributed by atoms with Crippen molar-refractivity contribution in [2.45, 2.75) is 11.3 Å². The van der Waals surface area contributed by atoms with Crippen molar-refractivity contribution in [1.29, 1.82) is 0 Å². The van der Waals surface area contributed by atoms with Crippen LogP contribution in [0.2, 0.25) is 0 Å². The van der Waals surface area contributed by atoms with E-state index in [1.54, 1.807) is 36.4 Å². The van der Waals surface area contributed by atoms with Crippen molar-refractivity contribution in [1.82, 2.24) is 5.32 Å². The van der Waals surface area contributed by atoms with Gasteiger partial charge in [-0.3, -0.25) is 4.79 Å². The Hall–Kier alpha value is -2.34. The minimum Gasteiger partial charge on any atom is -0.378 e. The SMILES string of the molecule is CN(C)c1ccc(C(=O)NCCc2ccc(S(C)(=O)=O)cc2)cc1. The van der Waals surface area contributed by atoms with Gasteiger partial charge < -0.3 is 10.2 Å². The lowest BCUT2D eigenvalue weighted by atomic mass is 10.1. The number of sulfone groups is 1. The summed E-state index contributed by atoms with van der Waals surface area (Å²) in [6.45, 7) is 0.493. The molecule has 0 atom stereocenters. The Kier molecular flexibility index (Phi) is 5.62. The van der Waals surface area contributed by atoms with Gasteiger partial charge in [-0.15, -0.1) is 0 Å². The van der Waals surface area contributed by atoms with Crippen LogP contribution in [0.15, 0.2) is 53.4 Å². The van der Waals surface area contributed by atoms with Gasteiger partial charge in [0.25, 0.3) is 5.91 Å². The summed E-state index contributed by atoms with van der Waals surface area (Å²) in [5.41, 5.74) is 2.64. The number of benzene rings is 2. The molecule has 0 aliphatic carbocycles. The molecule has 2 rings (SSSR count). The smallest absolute Gasteiger partial charge is 0.251 e. The van der Waals surface area contributed by atoms with E-state index in [2.05, 4.69) is 5.32 Å². The lowest BCUT2D eigenvalue weighted by molar-refractivity contribution is 0.0954. The molecule has 0 bridgehead atoms. The number of anilines is 1. The van der Waals surface area contributed by atoms with Gasteiger partial charge in [-0.05, 0) is 48.4 Å². The van der Waals surface area contributed by atoms with Crippen LogP contribution in [0, 0.1) is 0 Å². The molecule has 24 heavy (non-hydrogen) atoms. The predicted octanol–water partition coefficient (Wildman–Crippen LogP) is 2.13. The van der Waals surface area contributed by atoms with Crippen LogP contribution in [0.1, 0.15) is 15.9 Å². The lowest BCUT2D eigenvalue weighted by Gasteiger charge is -2.12. The van der Waals surface area contributed by atoms with E-state index in [0.717, 1.165) is 11.3 Å². The molecule has 0 aliphatic rings. The molecule has 2 aromatic carbocycles. The fourth-order valence-corrected chi connectivity index (χ4v) is 2.87. The van der Waals surface area contributed by atoms with Crippen molar-refractivity contribution in [2.75, 3.05) is 31.8 Å². The van der Waals surface area contributed by atoms with Crippen LogP contribution in [0.5, 0.6) is 0 Å². The molecule has 0 spiro atoms. The zero-order chi connectivity index (χ0) is 17.7. The molecular weight excluding hydrogens is 324 g/mol. The molecular formula is C18H22N2O3S. The number of carbonyl (C=O) groups excluding carboxylic acids is 1. The van der Waals surface area contributed by atoms with Crippen molar-refractivity contribution in [3.63, 3.8) is 0 Å². The summed E-state index contributed by atoms with van der Waals surface area (Å²) >= 11 is 0. The van der Waals surface area contributed by atoms with Crippen LogP contribution in [-0.4, -0.2) is 41.2 Å². The Morgan fingerprint density at radius 3 is 2.08 bits per heavy atom. The Morgan fingerprint density at radius 2 is 1.58 bits per heavy atom. The summed E-state index contributed by atoms with van der Waals surface area (Å²) in [5, 5.41) is 2.87. The molecule has 0 aromatic heterocycles. The molecule has 0 fully saturated rings. The minimum absolute atomic E-state index is 0.118. The average molecular weight is 346 g/mol. The average Bonchev–Trinajstić information content (AvgIpc) is 2.54. The van der Waals surface area contributed by atoms with Crippen molar-refractivity contribution in [2.24, 2.45) is 0 Å². The first-order valence-electron chi connectivity index (χ1n) is 7.62. The first-order valence-corrected chi connectivity index (χ1v) is 9.51. The van der Waals surface area contributed by atoms with Crippen molar-refractivity contribution < 1.29 is 13.2 Å². The van der Waals surface area contributed by atoms with Crippen molar-refractivity contribution >= 4 is 21.4 Å². The van der Waals surface area contributed by atoms with Gasteiger partial charge in [-0.1, -0.05) is 12.1 Å². The third-order valence-corrected chi connectivity index (χ3v) is 4.83. The maximum Gasteiger partial charge on any atom is 0.251 e. The molecule has 2 aromatic rings. The minimum atomic E-state index is -3.17. The first-order chi connectivity index (χ1) is 11.3. The first kappa shape index (κ1) is 18.0. The van der Waals surface area contributed by atoms with Crippen LogP contribution < -0.4 is 10.2 Å². The maximum absolute atomic E-state index is 12.1. The van der Waals surface area contributed by atoms with E-state index in [0.29, 0.717) is 23.4 Å². The second kappa shape index (κ2) is 7.49. The fraction of sp³-hybridized carbons (Fsp3) is 0.278. The Labute approximate surface area is 143 Å². The van der Waals surface area contributed by atoms with Gasteiger partial charge in [0, 0.05) is 38.1 Å². The summed E-state index contributed by atoms with van der Waals surface area (Å²) in [6, 6.07) is 14.1. The van der Waals surface area contributed by atoms with Crippen LogP contribution in [0.4, 0.5) is 5.69 Å². The largest absolute Gasteiger partial charge is 0.378 e. The standard InChI is InChI=1S/C18H22N2O3S/c1-20(2)16-8-6-15(7-9-16)18(21)19-13-12-14-4-10-17(11-5-14)24(3,22)23/h4-11H,12-13H2,1-3H3,(H,19,21). The Balaban J connectivity index is 1.88. The van der Waals surface area contributed by atoms with Crippen LogP contribution >= 0.6 is 0 Å². The van der Waals surface area contributed by atoms with Crippen molar-refractivity contribution in [3.05, 3.63) is 59.7 Å². The molecule has 5 nitrogen and oxygen atoms in total. The highest BCUT2D eigenvalue weighted by Gasteiger charge is 2.07. The third kappa shape index (κ3) is 4.83. The highest BCUT2D eigenvalue weighted by atomic mass is 32.2. The summed E-state index contributed by atoms with van der Waals surface area (Å²) in [4.78, 5) is 14.4. The second-order valence-electron chi connectivity index (χ2n) is 5.86. The summed E-state index contributed by atoms with van der Waals surface area (Å²) in [6.07, 6.45) is 1.83. The number of nitrogens with zero attached hydrogens (tertiary/aromatic N) is 1. The van der Waals surface area contributed by atoms with Crippen LogP contribution in [0.25, 0.3) is 0 Å². The monoisotopic (exact) mass is 346 g/mol. The molecule has 0 aliphatic heterocycles. The summed E-state index contributed by atoms with van der Waals surface area (Å²) in [5.74, 6) is -0.118. The van der Waals surface area contributed by atoms with E-state index >= 15 is 0 Å². The van der Waals surface area contributed by atoms with Crippen LogP contribution in [0.3, 0.4) is 0 Å². The molecule has 128 valence electrons. The van der Waals surface area contributed by atoms with Gasteiger partial charge in [0.15, 0.2) is 9.84 Å². The molecule has 0 heterocycles. The molecule has 0 unspecified atom stereocenters. The van der Waals surface area contributed by atoms with E-state index in [4.69, 9.17) is 0 Å². The molecule has 0 saturated heterocycles. The Bertz CT molecular complexity index is 795. The lowest BCUT2D eigenvalue weighted by Crippen LogP contribution is -2.25. The highest BCUT2D eigenvalue weighted by Crippen LogP contribution is 2.12. The molecule has 6 heteroatoms. The Morgan fingerprint density at radius 1 is 1.00 bits per heavy atom. The van der Waals surface area contributed by atoms with E-state index in [1.165, 1.54) is 6.26 Å². The van der Waals surface area contributed by atoms with Gasteiger partial charge in [-0.25, -0.2) is 8.42 Å². The van der Waals surface area contributed by atoms with Gasteiger partial charge in [0.1, 0.15) is 0 Å². The number of carbonyl (C=O) groups is 1. The van der Waals surface area contributed by atoms with E-state index in [-0.39, 0.29) is 5.91 Å². The molecule has 0 radical (unpaired) electrons. The normalized spacial score (nSPS) is 11.1. The quantitative estimate of drug-likeness (QED) is 0.870. The number of rotatable bonds is 6. The topological polar surface area (TPSA) is 66.5 Å². The fourth-order valence-electron chi connectivity index (χ4n) is 2.24. The van der Waals surface area contributed by atoms with Crippen molar-refractivity contribution in [3.8, 4) is 0 Å².